The molecule has 5 nitrogen and oxygen atoms in total. The van der Waals surface area contributed by atoms with Crippen LogP contribution in [0.2, 0.25) is 0 Å². The van der Waals surface area contributed by atoms with Crippen LogP contribution in [0, 0.1) is 0 Å². The third-order valence-electron chi connectivity index (χ3n) is 5.22. The van der Waals surface area contributed by atoms with Crippen LogP contribution in [0.4, 0.5) is 0 Å². The lowest BCUT2D eigenvalue weighted by Crippen LogP contribution is -2.25. The summed E-state index contributed by atoms with van der Waals surface area (Å²) in [4.78, 5) is 23.2. The average molecular weight is 432 g/mol. The minimum Gasteiger partial charge on any atom is -0.494 e. The predicted octanol–water partition coefficient (Wildman–Crippen LogP) is 5.15. The second kappa shape index (κ2) is 12.3. The first kappa shape index (κ1) is 23.1. The minimum absolute atomic E-state index is 0.101. The Hall–Kier alpha value is -3.60. The van der Waals surface area contributed by atoms with Gasteiger partial charge in [0, 0.05) is 12.1 Å². The molecule has 3 aromatic carbocycles. The van der Waals surface area contributed by atoms with Gasteiger partial charge in [-0.3, -0.25) is 4.79 Å². The third kappa shape index (κ3) is 7.58. The zero-order valence-corrected chi connectivity index (χ0v) is 18.1. The van der Waals surface area contributed by atoms with Crippen molar-refractivity contribution in [2.24, 2.45) is 0 Å². The van der Waals surface area contributed by atoms with E-state index in [1.165, 1.54) is 24.1 Å². The van der Waals surface area contributed by atoms with Crippen molar-refractivity contribution >= 4 is 11.9 Å². The molecule has 0 unspecified atom stereocenters. The molecule has 0 aliphatic carbocycles. The number of hydrogen-bond acceptors (Lipinski definition) is 3. The van der Waals surface area contributed by atoms with Gasteiger partial charge in [-0.1, -0.05) is 48.5 Å². The maximum absolute atomic E-state index is 12.2. The summed E-state index contributed by atoms with van der Waals surface area (Å²) in [5.74, 6) is -0.471. The predicted molar refractivity (Wildman–Crippen MR) is 125 cm³/mol. The molecule has 0 spiro atoms. The van der Waals surface area contributed by atoms with Crippen LogP contribution in [0.3, 0.4) is 0 Å². The highest BCUT2D eigenvalue weighted by atomic mass is 16.5. The summed E-state index contributed by atoms with van der Waals surface area (Å²) < 4.78 is 5.83. The van der Waals surface area contributed by atoms with E-state index in [9.17, 15) is 9.59 Å². The van der Waals surface area contributed by atoms with Crippen molar-refractivity contribution in [3.05, 3.63) is 101 Å². The summed E-state index contributed by atoms with van der Waals surface area (Å²) in [6.07, 6.45) is 5.13. The number of carboxylic acid groups (broad SMARTS) is 1. The zero-order chi connectivity index (χ0) is 22.6. The van der Waals surface area contributed by atoms with Crippen molar-refractivity contribution in [1.82, 2.24) is 5.32 Å². The molecule has 0 saturated carbocycles. The molecule has 3 rings (SSSR count). The summed E-state index contributed by atoms with van der Waals surface area (Å²) in [6, 6.07) is 24.5. The first-order valence-electron chi connectivity index (χ1n) is 11.0. The van der Waals surface area contributed by atoms with E-state index in [1.54, 1.807) is 12.1 Å². The van der Waals surface area contributed by atoms with Gasteiger partial charge < -0.3 is 15.2 Å². The molecule has 0 bridgehead atoms. The summed E-state index contributed by atoms with van der Waals surface area (Å²) in [5.41, 5.74) is 2.93. The fourth-order valence-corrected chi connectivity index (χ4v) is 3.41. The maximum Gasteiger partial charge on any atom is 0.335 e. The van der Waals surface area contributed by atoms with Gasteiger partial charge in [-0.25, -0.2) is 4.79 Å². The Balaban J connectivity index is 1.32. The number of aryl methyl sites for hydroxylation is 1. The summed E-state index contributed by atoms with van der Waals surface area (Å²) in [7, 11) is 0. The highest BCUT2D eigenvalue weighted by Gasteiger charge is 2.09. The van der Waals surface area contributed by atoms with Gasteiger partial charge in [0.15, 0.2) is 0 Å². The fourth-order valence-electron chi connectivity index (χ4n) is 3.41. The molecule has 3 aromatic rings. The number of nitrogens with one attached hydrogen (secondary N) is 1. The Morgan fingerprint density at radius 1 is 0.750 bits per heavy atom. The molecule has 0 atom stereocenters. The van der Waals surface area contributed by atoms with Crippen molar-refractivity contribution in [2.75, 3.05) is 13.2 Å². The number of carbonyl (C=O) groups excluding carboxylic acids is 1. The lowest BCUT2D eigenvalue weighted by atomic mass is 10.1. The van der Waals surface area contributed by atoms with Crippen LogP contribution in [0.25, 0.3) is 0 Å². The Morgan fingerprint density at radius 2 is 1.47 bits per heavy atom. The molecule has 166 valence electrons. The average Bonchev–Trinajstić information content (AvgIpc) is 2.83. The molecule has 0 radical (unpaired) electrons. The Bertz CT molecular complexity index is 1000. The van der Waals surface area contributed by atoms with Crippen LogP contribution in [0.5, 0.6) is 5.75 Å². The molecular weight excluding hydrogens is 402 g/mol. The van der Waals surface area contributed by atoms with Crippen molar-refractivity contribution in [3.63, 3.8) is 0 Å². The van der Waals surface area contributed by atoms with E-state index < -0.39 is 5.97 Å². The first-order valence-corrected chi connectivity index (χ1v) is 11.0. The summed E-state index contributed by atoms with van der Waals surface area (Å²) in [6.45, 7) is 1.18. The van der Waals surface area contributed by atoms with E-state index in [2.05, 4.69) is 29.6 Å². The number of unbranched alkanes of at least 4 members (excludes halogenated alkanes) is 2. The lowest BCUT2D eigenvalue weighted by Gasteiger charge is -2.09. The van der Waals surface area contributed by atoms with Crippen molar-refractivity contribution in [2.45, 2.75) is 32.1 Å². The molecule has 1 amide bonds. The number of aromatic carboxylic acids is 1. The molecule has 0 aliphatic rings. The van der Waals surface area contributed by atoms with E-state index in [-0.39, 0.29) is 11.5 Å². The van der Waals surface area contributed by atoms with Gasteiger partial charge in [0.05, 0.1) is 12.2 Å². The van der Waals surface area contributed by atoms with Gasteiger partial charge in [0.2, 0.25) is 0 Å². The largest absolute Gasteiger partial charge is 0.494 e. The number of carboxylic acids is 1. The number of hydrogen-bond donors (Lipinski definition) is 2. The molecular formula is C27H29NO4. The molecule has 0 saturated heterocycles. The van der Waals surface area contributed by atoms with Crippen LogP contribution in [-0.4, -0.2) is 30.1 Å². The summed E-state index contributed by atoms with van der Waals surface area (Å²) >= 11 is 0. The van der Waals surface area contributed by atoms with Gasteiger partial charge in [-0.05, 0) is 73.6 Å². The van der Waals surface area contributed by atoms with Crippen LogP contribution in [0.1, 0.15) is 51.1 Å². The number of benzene rings is 3. The number of carbonyl (C=O) groups is 2. The van der Waals surface area contributed by atoms with Gasteiger partial charge in [0.25, 0.3) is 5.91 Å². The van der Waals surface area contributed by atoms with Crippen LogP contribution < -0.4 is 10.1 Å². The molecule has 0 aliphatic heterocycles. The molecule has 32 heavy (non-hydrogen) atoms. The topological polar surface area (TPSA) is 75.6 Å². The lowest BCUT2D eigenvalue weighted by molar-refractivity contribution is 0.0697. The fraction of sp³-hybridized carbons (Fsp3) is 0.259. The highest BCUT2D eigenvalue weighted by Crippen LogP contribution is 2.14. The number of amides is 1. The SMILES string of the molecule is O=C(O)c1cccc(C(=O)NCCc2ccc(OCCCCCc3ccccc3)cc2)c1. The molecule has 2 N–H and O–H groups in total. The van der Waals surface area contributed by atoms with Gasteiger partial charge in [-0.2, -0.15) is 0 Å². The van der Waals surface area contributed by atoms with Crippen molar-refractivity contribution in [3.8, 4) is 5.75 Å². The summed E-state index contributed by atoms with van der Waals surface area (Å²) in [5, 5.41) is 11.9. The minimum atomic E-state index is -1.05. The first-order chi connectivity index (χ1) is 15.6. The van der Waals surface area contributed by atoms with E-state index in [4.69, 9.17) is 9.84 Å². The Labute approximate surface area is 189 Å². The zero-order valence-electron chi connectivity index (χ0n) is 18.1. The maximum atomic E-state index is 12.2. The third-order valence-corrected chi connectivity index (χ3v) is 5.22. The van der Waals surface area contributed by atoms with E-state index in [1.807, 2.05) is 30.3 Å². The molecule has 5 heteroatoms. The second-order valence-corrected chi connectivity index (χ2v) is 7.68. The number of rotatable bonds is 12. The second-order valence-electron chi connectivity index (χ2n) is 7.68. The van der Waals surface area contributed by atoms with Crippen LogP contribution >= 0.6 is 0 Å². The quantitative estimate of drug-likeness (QED) is 0.389. The van der Waals surface area contributed by atoms with Crippen molar-refractivity contribution < 1.29 is 19.4 Å². The normalized spacial score (nSPS) is 10.5. The monoisotopic (exact) mass is 431 g/mol. The Morgan fingerprint density at radius 3 is 2.22 bits per heavy atom. The van der Waals surface area contributed by atoms with Crippen LogP contribution in [0.15, 0.2) is 78.9 Å². The smallest absolute Gasteiger partial charge is 0.335 e. The van der Waals surface area contributed by atoms with Gasteiger partial charge in [-0.15, -0.1) is 0 Å². The van der Waals surface area contributed by atoms with Gasteiger partial charge in [0.1, 0.15) is 5.75 Å². The number of ether oxygens (including phenoxy) is 1. The van der Waals surface area contributed by atoms with E-state index >= 15 is 0 Å². The van der Waals surface area contributed by atoms with Crippen molar-refractivity contribution in [1.29, 1.82) is 0 Å². The molecule has 0 fully saturated rings. The van der Waals surface area contributed by atoms with Gasteiger partial charge >= 0.3 is 5.97 Å². The standard InChI is InChI=1S/C27H29NO4/c29-26(23-11-7-12-24(20-23)27(30)31)28-18-17-22-13-15-25(16-14-22)32-19-6-2-5-10-21-8-3-1-4-9-21/h1,3-4,7-9,11-16,20H,2,5-6,10,17-19H2,(H,28,29)(H,30,31). The van der Waals surface area contributed by atoms with E-state index in [0.717, 1.165) is 30.6 Å². The highest BCUT2D eigenvalue weighted by molar-refractivity contribution is 5.97. The van der Waals surface area contributed by atoms with Crippen LogP contribution in [-0.2, 0) is 12.8 Å². The Kier molecular flexibility index (Phi) is 8.87. The van der Waals surface area contributed by atoms with E-state index in [0.29, 0.717) is 25.1 Å². The molecule has 0 heterocycles. The molecule has 0 aromatic heterocycles.